The summed E-state index contributed by atoms with van der Waals surface area (Å²) >= 11 is 5.90. The van der Waals surface area contributed by atoms with Gasteiger partial charge in [0.15, 0.2) is 0 Å². The highest BCUT2D eigenvalue weighted by molar-refractivity contribution is 6.32. The van der Waals surface area contributed by atoms with Crippen LogP contribution in [0.3, 0.4) is 0 Å². The van der Waals surface area contributed by atoms with Gasteiger partial charge in [0.2, 0.25) is 0 Å². The Morgan fingerprint density at radius 1 is 1.19 bits per heavy atom. The second kappa shape index (κ2) is 5.78. The molecule has 0 saturated carbocycles. The summed E-state index contributed by atoms with van der Waals surface area (Å²) in [7, 11) is 0. The molecule has 0 unspecified atom stereocenters. The fraction of sp³-hybridized carbons (Fsp3) is 0.235. The van der Waals surface area contributed by atoms with E-state index in [0.29, 0.717) is 5.56 Å². The minimum Gasteiger partial charge on any atom is -0.506 e. The van der Waals surface area contributed by atoms with Crippen LogP contribution in [0.5, 0.6) is 5.75 Å². The number of aromatic hydroxyl groups is 1. The van der Waals surface area contributed by atoms with E-state index >= 15 is 0 Å². The lowest BCUT2D eigenvalue weighted by Crippen LogP contribution is -2.30. The van der Waals surface area contributed by atoms with Gasteiger partial charge in [0.05, 0.1) is 11.1 Å². The Morgan fingerprint density at radius 3 is 2.67 bits per heavy atom. The standard InChI is InChI=1S/C17H16ClNO2/c18-14-11-13(8-9-16(14)20)17(21)19-10-4-7-15(19)12-5-2-1-3-6-12/h1-3,5-6,8-9,11,15,20H,4,7,10H2/t15-/m1/s1. The van der Waals surface area contributed by atoms with Crippen molar-refractivity contribution in [3.63, 3.8) is 0 Å². The summed E-state index contributed by atoms with van der Waals surface area (Å²) < 4.78 is 0. The van der Waals surface area contributed by atoms with Crippen molar-refractivity contribution < 1.29 is 9.90 Å². The Hall–Kier alpha value is -2.00. The number of hydrogen-bond donors (Lipinski definition) is 1. The fourth-order valence-corrected chi connectivity index (χ4v) is 3.02. The van der Waals surface area contributed by atoms with Crippen molar-refractivity contribution in [2.45, 2.75) is 18.9 Å². The highest BCUT2D eigenvalue weighted by Gasteiger charge is 2.30. The molecule has 0 spiro atoms. The van der Waals surface area contributed by atoms with Gasteiger partial charge in [-0.1, -0.05) is 41.9 Å². The number of rotatable bonds is 2. The van der Waals surface area contributed by atoms with Gasteiger partial charge in [-0.05, 0) is 36.6 Å². The van der Waals surface area contributed by atoms with Gasteiger partial charge >= 0.3 is 0 Å². The summed E-state index contributed by atoms with van der Waals surface area (Å²) in [6.45, 7) is 0.747. The number of halogens is 1. The molecule has 1 saturated heterocycles. The molecule has 1 N–H and O–H groups in total. The fourth-order valence-electron chi connectivity index (χ4n) is 2.84. The Labute approximate surface area is 128 Å². The quantitative estimate of drug-likeness (QED) is 0.910. The van der Waals surface area contributed by atoms with Crippen LogP contribution in [-0.4, -0.2) is 22.5 Å². The van der Waals surface area contributed by atoms with Crippen LogP contribution in [0.2, 0.25) is 5.02 Å². The first kappa shape index (κ1) is 14.0. The molecule has 4 heteroatoms. The minimum absolute atomic E-state index is 0.00533. The molecule has 1 heterocycles. The van der Waals surface area contributed by atoms with E-state index in [-0.39, 0.29) is 22.7 Å². The second-order valence-corrected chi connectivity index (χ2v) is 5.64. The molecule has 21 heavy (non-hydrogen) atoms. The number of phenolic OH excluding ortho intramolecular Hbond substituents is 1. The molecule has 0 aromatic heterocycles. The molecule has 2 aromatic rings. The first-order valence-electron chi connectivity index (χ1n) is 7.01. The molecular weight excluding hydrogens is 286 g/mol. The van der Waals surface area contributed by atoms with E-state index in [1.165, 1.54) is 12.1 Å². The smallest absolute Gasteiger partial charge is 0.254 e. The molecule has 108 valence electrons. The third-order valence-electron chi connectivity index (χ3n) is 3.89. The first-order valence-corrected chi connectivity index (χ1v) is 7.39. The predicted octanol–water partition coefficient (Wildman–Crippen LogP) is 4.02. The zero-order valence-corrected chi connectivity index (χ0v) is 12.3. The summed E-state index contributed by atoms with van der Waals surface area (Å²) in [5.41, 5.74) is 1.67. The molecule has 0 aliphatic carbocycles. The average Bonchev–Trinajstić information content (AvgIpc) is 2.99. The average molecular weight is 302 g/mol. The maximum Gasteiger partial charge on any atom is 0.254 e. The molecule has 1 atom stereocenters. The lowest BCUT2D eigenvalue weighted by molar-refractivity contribution is 0.0735. The van der Waals surface area contributed by atoms with E-state index in [1.54, 1.807) is 6.07 Å². The van der Waals surface area contributed by atoms with Gasteiger partial charge in [-0.25, -0.2) is 0 Å². The largest absolute Gasteiger partial charge is 0.506 e. The zero-order valence-electron chi connectivity index (χ0n) is 11.5. The monoisotopic (exact) mass is 301 g/mol. The van der Waals surface area contributed by atoms with Gasteiger partial charge in [-0.15, -0.1) is 0 Å². The molecule has 3 rings (SSSR count). The van der Waals surface area contributed by atoms with E-state index in [1.807, 2.05) is 23.1 Å². The summed E-state index contributed by atoms with van der Waals surface area (Å²) in [4.78, 5) is 14.6. The Balaban J connectivity index is 1.88. The van der Waals surface area contributed by atoms with Crippen LogP contribution in [0.15, 0.2) is 48.5 Å². The van der Waals surface area contributed by atoms with Crippen LogP contribution in [-0.2, 0) is 0 Å². The van der Waals surface area contributed by atoms with Gasteiger partial charge in [0, 0.05) is 12.1 Å². The lowest BCUT2D eigenvalue weighted by atomic mass is 10.0. The molecular formula is C17H16ClNO2. The highest BCUT2D eigenvalue weighted by Crippen LogP contribution is 2.34. The number of nitrogens with zero attached hydrogens (tertiary/aromatic N) is 1. The number of benzene rings is 2. The molecule has 1 aliphatic heterocycles. The van der Waals surface area contributed by atoms with Crippen molar-refractivity contribution >= 4 is 17.5 Å². The third-order valence-corrected chi connectivity index (χ3v) is 4.20. The van der Waals surface area contributed by atoms with Crippen LogP contribution >= 0.6 is 11.6 Å². The number of amides is 1. The SMILES string of the molecule is O=C(c1ccc(O)c(Cl)c1)N1CCC[C@@H]1c1ccccc1. The van der Waals surface area contributed by atoms with E-state index in [0.717, 1.165) is 24.9 Å². The predicted molar refractivity (Wildman–Crippen MR) is 82.6 cm³/mol. The minimum atomic E-state index is -0.0387. The van der Waals surface area contributed by atoms with Crippen molar-refractivity contribution in [2.75, 3.05) is 6.54 Å². The van der Waals surface area contributed by atoms with E-state index in [4.69, 9.17) is 11.6 Å². The second-order valence-electron chi connectivity index (χ2n) is 5.23. The van der Waals surface area contributed by atoms with Crippen LogP contribution in [0, 0.1) is 0 Å². The molecule has 1 amide bonds. The summed E-state index contributed by atoms with van der Waals surface area (Å²) in [5.74, 6) is -0.0440. The number of carbonyl (C=O) groups is 1. The number of phenols is 1. The Bertz CT molecular complexity index is 657. The molecule has 3 nitrogen and oxygen atoms in total. The topological polar surface area (TPSA) is 40.5 Å². The maximum atomic E-state index is 12.7. The summed E-state index contributed by atoms with van der Waals surface area (Å²) in [6.07, 6.45) is 1.97. The number of likely N-dealkylation sites (tertiary alicyclic amines) is 1. The van der Waals surface area contributed by atoms with Crippen LogP contribution in [0.4, 0.5) is 0 Å². The van der Waals surface area contributed by atoms with Crippen molar-refractivity contribution in [1.82, 2.24) is 4.90 Å². The molecule has 0 radical (unpaired) electrons. The van der Waals surface area contributed by atoms with Crippen LogP contribution < -0.4 is 0 Å². The Morgan fingerprint density at radius 2 is 1.95 bits per heavy atom. The lowest BCUT2D eigenvalue weighted by Gasteiger charge is -2.25. The van der Waals surface area contributed by atoms with Gasteiger partial charge < -0.3 is 10.0 Å². The third kappa shape index (κ3) is 2.74. The molecule has 1 aliphatic rings. The highest BCUT2D eigenvalue weighted by atomic mass is 35.5. The van der Waals surface area contributed by atoms with E-state index in [2.05, 4.69) is 12.1 Å². The molecule has 0 bridgehead atoms. The van der Waals surface area contributed by atoms with Crippen molar-refractivity contribution in [3.05, 3.63) is 64.7 Å². The van der Waals surface area contributed by atoms with Crippen molar-refractivity contribution in [3.8, 4) is 5.75 Å². The first-order chi connectivity index (χ1) is 10.2. The van der Waals surface area contributed by atoms with E-state index < -0.39 is 0 Å². The Kier molecular flexibility index (Phi) is 3.84. The molecule has 2 aromatic carbocycles. The maximum absolute atomic E-state index is 12.7. The van der Waals surface area contributed by atoms with E-state index in [9.17, 15) is 9.90 Å². The summed E-state index contributed by atoms with van der Waals surface area (Å²) in [5, 5.41) is 9.67. The molecule has 1 fully saturated rings. The van der Waals surface area contributed by atoms with Gasteiger partial charge in [0.1, 0.15) is 5.75 Å². The summed E-state index contributed by atoms with van der Waals surface area (Å²) in [6, 6.07) is 14.8. The normalized spacial score (nSPS) is 18.0. The zero-order chi connectivity index (χ0) is 14.8. The van der Waals surface area contributed by atoms with Gasteiger partial charge in [-0.2, -0.15) is 0 Å². The van der Waals surface area contributed by atoms with Gasteiger partial charge in [-0.3, -0.25) is 4.79 Å². The van der Waals surface area contributed by atoms with Crippen LogP contribution in [0.1, 0.15) is 34.8 Å². The number of carbonyl (C=O) groups excluding carboxylic acids is 1. The van der Waals surface area contributed by atoms with Crippen molar-refractivity contribution in [1.29, 1.82) is 0 Å². The van der Waals surface area contributed by atoms with Gasteiger partial charge in [0.25, 0.3) is 5.91 Å². The van der Waals surface area contributed by atoms with Crippen LogP contribution in [0.25, 0.3) is 0 Å². The van der Waals surface area contributed by atoms with Crippen molar-refractivity contribution in [2.24, 2.45) is 0 Å². The number of hydrogen-bond acceptors (Lipinski definition) is 2.